The van der Waals surface area contributed by atoms with Crippen LogP contribution in [0.2, 0.25) is 0 Å². The summed E-state index contributed by atoms with van der Waals surface area (Å²) in [5, 5.41) is 11.7. The van der Waals surface area contributed by atoms with E-state index in [0.29, 0.717) is 29.8 Å². The minimum absolute atomic E-state index is 0.209. The highest BCUT2D eigenvalue weighted by atomic mass is 16.5. The van der Waals surface area contributed by atoms with E-state index in [-0.39, 0.29) is 12.6 Å². The zero-order valence-electron chi connectivity index (χ0n) is 12.5. The molecule has 0 saturated carbocycles. The Hall–Kier alpha value is -2.57. The highest BCUT2D eigenvalue weighted by Crippen LogP contribution is 2.20. The van der Waals surface area contributed by atoms with Gasteiger partial charge >= 0.3 is 18.0 Å². The van der Waals surface area contributed by atoms with Crippen molar-refractivity contribution in [3.05, 3.63) is 29.3 Å². The fourth-order valence-corrected chi connectivity index (χ4v) is 2.43. The number of carbonyl (C=O) groups excluding carboxylic acids is 2. The number of methoxy groups -OCH3 is 1. The number of esters is 1. The summed E-state index contributed by atoms with van der Waals surface area (Å²) in [6.45, 7) is 2.38. The summed E-state index contributed by atoms with van der Waals surface area (Å²) in [4.78, 5) is 36.0. The van der Waals surface area contributed by atoms with Crippen molar-refractivity contribution in [3.8, 4) is 0 Å². The molecule has 0 bridgehead atoms. The van der Waals surface area contributed by atoms with Crippen LogP contribution in [0.3, 0.4) is 0 Å². The second-order valence-electron chi connectivity index (χ2n) is 5.22. The second kappa shape index (κ2) is 6.46. The van der Waals surface area contributed by atoms with Crippen LogP contribution < -0.4 is 5.32 Å². The summed E-state index contributed by atoms with van der Waals surface area (Å²) in [5.74, 6) is -1.82. The smallest absolute Gasteiger partial charge is 0.338 e. The SMILES string of the molecule is COC(=O)c1ccc(NC(=O)N2CCC(C(=O)O)C2)cc1C. The summed E-state index contributed by atoms with van der Waals surface area (Å²) in [5.41, 5.74) is 1.68. The Kier molecular flexibility index (Phi) is 4.65. The third kappa shape index (κ3) is 3.36. The zero-order valence-corrected chi connectivity index (χ0v) is 12.5. The molecule has 1 fully saturated rings. The van der Waals surface area contributed by atoms with Crippen LogP contribution in [-0.2, 0) is 9.53 Å². The number of nitrogens with one attached hydrogen (secondary N) is 1. The molecule has 1 aliphatic heterocycles. The van der Waals surface area contributed by atoms with E-state index in [2.05, 4.69) is 10.1 Å². The lowest BCUT2D eigenvalue weighted by Gasteiger charge is -2.17. The summed E-state index contributed by atoms with van der Waals surface area (Å²) in [6.07, 6.45) is 0.461. The van der Waals surface area contributed by atoms with E-state index in [9.17, 15) is 14.4 Å². The predicted molar refractivity (Wildman–Crippen MR) is 78.9 cm³/mol. The molecule has 1 saturated heterocycles. The molecule has 1 aromatic carbocycles. The van der Waals surface area contributed by atoms with Crippen molar-refractivity contribution in [1.29, 1.82) is 0 Å². The molecule has 0 spiro atoms. The molecule has 1 heterocycles. The van der Waals surface area contributed by atoms with E-state index >= 15 is 0 Å². The Balaban J connectivity index is 2.02. The molecule has 7 heteroatoms. The number of likely N-dealkylation sites (tertiary alicyclic amines) is 1. The standard InChI is InChI=1S/C15H18N2O5/c1-9-7-11(3-4-12(9)14(20)22-2)16-15(21)17-6-5-10(8-17)13(18)19/h3-4,7,10H,5-6,8H2,1-2H3,(H,16,21)(H,18,19). The van der Waals surface area contributed by atoms with Gasteiger partial charge in [0.15, 0.2) is 0 Å². The van der Waals surface area contributed by atoms with Crippen molar-refractivity contribution in [3.63, 3.8) is 0 Å². The first-order valence-corrected chi connectivity index (χ1v) is 6.90. The number of hydrogen-bond acceptors (Lipinski definition) is 4. The monoisotopic (exact) mass is 306 g/mol. The zero-order chi connectivity index (χ0) is 16.3. The molecule has 1 unspecified atom stereocenters. The number of benzene rings is 1. The normalized spacial score (nSPS) is 17.2. The van der Waals surface area contributed by atoms with Crippen molar-refractivity contribution < 1.29 is 24.2 Å². The Morgan fingerprint density at radius 2 is 2.09 bits per heavy atom. The third-order valence-electron chi connectivity index (χ3n) is 3.71. The Morgan fingerprint density at radius 1 is 1.36 bits per heavy atom. The number of carbonyl (C=O) groups is 3. The van der Waals surface area contributed by atoms with E-state index in [1.807, 2.05) is 0 Å². The van der Waals surface area contributed by atoms with Gasteiger partial charge in [-0.25, -0.2) is 9.59 Å². The number of aryl methyl sites for hydroxylation is 1. The van der Waals surface area contributed by atoms with Gasteiger partial charge in [0.05, 0.1) is 18.6 Å². The highest BCUT2D eigenvalue weighted by molar-refractivity contribution is 5.94. The van der Waals surface area contributed by atoms with Gasteiger partial charge in [-0.15, -0.1) is 0 Å². The maximum Gasteiger partial charge on any atom is 0.338 e. The van der Waals surface area contributed by atoms with Gasteiger partial charge in [0.1, 0.15) is 0 Å². The maximum atomic E-state index is 12.1. The number of rotatable bonds is 3. The molecule has 22 heavy (non-hydrogen) atoms. The molecule has 0 radical (unpaired) electrons. The molecule has 7 nitrogen and oxygen atoms in total. The second-order valence-corrected chi connectivity index (χ2v) is 5.22. The van der Waals surface area contributed by atoms with Crippen LogP contribution in [0, 0.1) is 12.8 Å². The first-order valence-electron chi connectivity index (χ1n) is 6.90. The Labute approximate surface area is 127 Å². The van der Waals surface area contributed by atoms with Crippen LogP contribution in [-0.4, -0.2) is 48.2 Å². The van der Waals surface area contributed by atoms with Crippen LogP contribution in [0.15, 0.2) is 18.2 Å². The lowest BCUT2D eigenvalue weighted by Crippen LogP contribution is -2.33. The molecule has 1 atom stereocenters. The molecular formula is C15H18N2O5. The van der Waals surface area contributed by atoms with Gasteiger partial charge in [-0.05, 0) is 37.1 Å². The number of carboxylic acids is 1. The van der Waals surface area contributed by atoms with Crippen molar-refractivity contribution >= 4 is 23.7 Å². The number of aliphatic carboxylic acids is 1. The molecule has 2 amide bonds. The predicted octanol–water partition coefficient (Wildman–Crippen LogP) is 1.72. The van der Waals surface area contributed by atoms with Gasteiger partial charge in [0.2, 0.25) is 0 Å². The summed E-state index contributed by atoms with van der Waals surface area (Å²) >= 11 is 0. The van der Waals surface area contributed by atoms with E-state index in [1.165, 1.54) is 12.0 Å². The molecule has 1 aromatic rings. The molecule has 118 valence electrons. The van der Waals surface area contributed by atoms with Crippen LogP contribution in [0.25, 0.3) is 0 Å². The summed E-state index contributed by atoms with van der Waals surface area (Å²) < 4.78 is 4.66. The number of hydrogen-bond donors (Lipinski definition) is 2. The van der Waals surface area contributed by atoms with Gasteiger partial charge in [-0.2, -0.15) is 0 Å². The maximum absolute atomic E-state index is 12.1. The van der Waals surface area contributed by atoms with Crippen molar-refractivity contribution in [2.45, 2.75) is 13.3 Å². The fourth-order valence-electron chi connectivity index (χ4n) is 2.43. The fraction of sp³-hybridized carbons (Fsp3) is 0.400. The van der Waals surface area contributed by atoms with Crippen molar-refractivity contribution in [2.75, 3.05) is 25.5 Å². The Bertz CT molecular complexity index is 614. The first-order chi connectivity index (χ1) is 10.4. The number of amides is 2. The average molecular weight is 306 g/mol. The lowest BCUT2D eigenvalue weighted by atomic mass is 10.1. The molecule has 2 rings (SSSR count). The minimum Gasteiger partial charge on any atom is -0.481 e. The van der Waals surface area contributed by atoms with E-state index in [0.717, 1.165) is 0 Å². The first kappa shape index (κ1) is 15.8. The van der Waals surface area contributed by atoms with Crippen LogP contribution in [0.4, 0.5) is 10.5 Å². The van der Waals surface area contributed by atoms with Crippen molar-refractivity contribution in [2.24, 2.45) is 5.92 Å². The number of urea groups is 1. The number of nitrogens with zero attached hydrogens (tertiary/aromatic N) is 1. The quantitative estimate of drug-likeness (QED) is 0.829. The summed E-state index contributed by atoms with van der Waals surface area (Å²) in [6, 6.07) is 4.53. The Morgan fingerprint density at radius 3 is 2.64 bits per heavy atom. The third-order valence-corrected chi connectivity index (χ3v) is 3.71. The lowest BCUT2D eigenvalue weighted by molar-refractivity contribution is -0.141. The van der Waals surface area contributed by atoms with Gasteiger partial charge in [-0.1, -0.05) is 0 Å². The van der Waals surface area contributed by atoms with Gasteiger partial charge in [-0.3, -0.25) is 4.79 Å². The minimum atomic E-state index is -0.881. The van der Waals surface area contributed by atoms with Crippen molar-refractivity contribution in [1.82, 2.24) is 4.90 Å². The molecule has 1 aliphatic rings. The van der Waals surface area contributed by atoms with E-state index < -0.39 is 17.9 Å². The number of carboxylic acid groups (broad SMARTS) is 1. The van der Waals surface area contributed by atoms with Gasteiger partial charge in [0, 0.05) is 18.8 Å². The summed E-state index contributed by atoms with van der Waals surface area (Å²) in [7, 11) is 1.31. The number of ether oxygens (including phenoxy) is 1. The molecule has 2 N–H and O–H groups in total. The van der Waals surface area contributed by atoms with E-state index in [4.69, 9.17) is 5.11 Å². The van der Waals surface area contributed by atoms with Crippen LogP contribution in [0.1, 0.15) is 22.3 Å². The molecular weight excluding hydrogens is 288 g/mol. The van der Waals surface area contributed by atoms with Gasteiger partial charge in [0.25, 0.3) is 0 Å². The molecule has 0 aromatic heterocycles. The largest absolute Gasteiger partial charge is 0.481 e. The highest BCUT2D eigenvalue weighted by Gasteiger charge is 2.30. The van der Waals surface area contributed by atoms with Gasteiger partial charge < -0.3 is 20.1 Å². The molecule has 0 aliphatic carbocycles. The topological polar surface area (TPSA) is 95.9 Å². The average Bonchev–Trinajstić information content (AvgIpc) is 2.97. The van der Waals surface area contributed by atoms with E-state index in [1.54, 1.807) is 25.1 Å². The number of anilines is 1. The van der Waals surface area contributed by atoms with Crippen LogP contribution >= 0.6 is 0 Å². The van der Waals surface area contributed by atoms with Crippen LogP contribution in [0.5, 0.6) is 0 Å².